The molecule has 0 bridgehead atoms. The van der Waals surface area contributed by atoms with E-state index < -0.39 is 0 Å². The molecule has 0 fully saturated rings. The summed E-state index contributed by atoms with van der Waals surface area (Å²) in [7, 11) is 0. The van der Waals surface area contributed by atoms with Crippen LogP contribution in [0.3, 0.4) is 0 Å². The van der Waals surface area contributed by atoms with Crippen LogP contribution in [0.15, 0.2) is 42.6 Å². The lowest BCUT2D eigenvalue weighted by Gasteiger charge is -2.04. The number of aromatic nitrogens is 3. The molecule has 2 heterocycles. The minimum absolute atomic E-state index is 0.178. The molecule has 4 heteroatoms. The maximum atomic E-state index is 10.1. The molecule has 0 aliphatic heterocycles. The fourth-order valence-corrected chi connectivity index (χ4v) is 2.49. The predicted octanol–water partition coefficient (Wildman–Crippen LogP) is 3.05. The zero-order valence-corrected chi connectivity index (χ0v) is 10.3. The first-order chi connectivity index (χ1) is 9.24. The van der Waals surface area contributed by atoms with Crippen molar-refractivity contribution in [2.45, 2.75) is 6.92 Å². The molecule has 0 aliphatic rings. The number of aromatic hydroxyl groups is 1. The zero-order valence-electron chi connectivity index (χ0n) is 10.3. The van der Waals surface area contributed by atoms with E-state index in [-0.39, 0.29) is 5.88 Å². The lowest BCUT2D eigenvalue weighted by atomic mass is 10.1. The van der Waals surface area contributed by atoms with E-state index in [9.17, 15) is 5.11 Å². The number of hydrogen-bond donors (Lipinski definition) is 1. The Morgan fingerprint density at radius 1 is 1.11 bits per heavy atom. The van der Waals surface area contributed by atoms with Crippen molar-refractivity contribution in [2.75, 3.05) is 0 Å². The monoisotopic (exact) mass is 249 g/mol. The highest BCUT2D eigenvalue weighted by atomic mass is 16.3. The van der Waals surface area contributed by atoms with E-state index in [0.717, 1.165) is 21.8 Å². The van der Waals surface area contributed by atoms with E-state index in [4.69, 9.17) is 0 Å². The summed E-state index contributed by atoms with van der Waals surface area (Å²) in [6.45, 7) is 1.79. The molecule has 4 aromatic rings. The average molecular weight is 249 g/mol. The van der Waals surface area contributed by atoms with Gasteiger partial charge in [0.05, 0.1) is 17.2 Å². The van der Waals surface area contributed by atoms with Gasteiger partial charge in [-0.25, -0.2) is 4.98 Å². The van der Waals surface area contributed by atoms with Crippen molar-refractivity contribution in [3.8, 4) is 5.88 Å². The number of rotatable bonds is 0. The van der Waals surface area contributed by atoms with E-state index in [1.165, 1.54) is 0 Å². The van der Waals surface area contributed by atoms with E-state index in [2.05, 4.69) is 22.1 Å². The third-order valence-electron chi connectivity index (χ3n) is 3.45. The fraction of sp³-hybridized carbons (Fsp3) is 0.0667. The second-order valence-electron chi connectivity index (χ2n) is 4.66. The van der Waals surface area contributed by atoms with Crippen molar-refractivity contribution < 1.29 is 5.11 Å². The van der Waals surface area contributed by atoms with Crippen molar-refractivity contribution in [3.05, 3.63) is 48.3 Å². The van der Waals surface area contributed by atoms with Crippen molar-refractivity contribution in [3.63, 3.8) is 0 Å². The minimum Gasteiger partial charge on any atom is -0.493 e. The Bertz CT molecular complexity index is 940. The molecule has 92 valence electrons. The Hall–Kier alpha value is -2.62. The van der Waals surface area contributed by atoms with Crippen molar-refractivity contribution in [2.24, 2.45) is 0 Å². The highest BCUT2D eigenvalue weighted by molar-refractivity contribution is 5.95. The van der Waals surface area contributed by atoms with Crippen molar-refractivity contribution >= 4 is 27.5 Å². The second kappa shape index (κ2) is 3.45. The number of hydrogen-bond acceptors (Lipinski definition) is 3. The van der Waals surface area contributed by atoms with Gasteiger partial charge in [-0.15, -0.1) is 0 Å². The first-order valence-electron chi connectivity index (χ1n) is 6.09. The molecule has 0 aliphatic carbocycles. The molecule has 0 amide bonds. The van der Waals surface area contributed by atoms with Gasteiger partial charge in [0, 0.05) is 0 Å². The first-order valence-corrected chi connectivity index (χ1v) is 6.09. The Labute approximate surface area is 109 Å². The van der Waals surface area contributed by atoms with Gasteiger partial charge >= 0.3 is 0 Å². The molecule has 19 heavy (non-hydrogen) atoms. The van der Waals surface area contributed by atoms with Crippen molar-refractivity contribution in [1.29, 1.82) is 0 Å². The molecular weight excluding hydrogens is 238 g/mol. The topological polar surface area (TPSA) is 50.4 Å². The van der Waals surface area contributed by atoms with Crippen LogP contribution in [0.1, 0.15) is 5.69 Å². The van der Waals surface area contributed by atoms with E-state index >= 15 is 0 Å². The summed E-state index contributed by atoms with van der Waals surface area (Å²) in [6, 6.07) is 12.2. The van der Waals surface area contributed by atoms with Gasteiger partial charge in [0.1, 0.15) is 5.69 Å². The Morgan fingerprint density at radius 2 is 1.84 bits per heavy atom. The second-order valence-corrected chi connectivity index (χ2v) is 4.66. The van der Waals surface area contributed by atoms with Crippen LogP contribution >= 0.6 is 0 Å². The standard InChI is InChI=1S/C15H11N3O/c1-9-15(19)18-13-7-11-5-3-2-4-10(11)6-12(13)16-8-14(18)17-9/h2-8,19H,1H3. The number of imidazole rings is 1. The molecule has 2 aromatic heterocycles. The Balaban J connectivity index is 2.28. The van der Waals surface area contributed by atoms with E-state index in [0.29, 0.717) is 11.3 Å². The molecule has 0 unspecified atom stereocenters. The first kappa shape index (κ1) is 10.3. The van der Waals surface area contributed by atoms with Gasteiger partial charge < -0.3 is 5.11 Å². The smallest absolute Gasteiger partial charge is 0.219 e. The summed E-state index contributed by atoms with van der Waals surface area (Å²) < 4.78 is 1.74. The summed E-state index contributed by atoms with van der Waals surface area (Å²) in [5.74, 6) is 0.178. The maximum absolute atomic E-state index is 10.1. The lowest BCUT2D eigenvalue weighted by Crippen LogP contribution is -1.91. The number of nitrogens with zero attached hydrogens (tertiary/aromatic N) is 3. The molecule has 4 rings (SSSR count). The van der Waals surface area contributed by atoms with E-state index in [1.807, 2.05) is 24.3 Å². The largest absolute Gasteiger partial charge is 0.493 e. The molecule has 0 spiro atoms. The SMILES string of the molecule is Cc1nc2cnc3cc4ccccc4cc3n2c1O. The maximum Gasteiger partial charge on any atom is 0.219 e. The third kappa shape index (κ3) is 1.34. The summed E-state index contributed by atoms with van der Waals surface area (Å²) in [5, 5.41) is 12.4. The van der Waals surface area contributed by atoms with Crippen LogP contribution in [-0.4, -0.2) is 19.5 Å². The van der Waals surface area contributed by atoms with Crippen molar-refractivity contribution in [1.82, 2.24) is 14.4 Å². The fourth-order valence-electron chi connectivity index (χ4n) is 2.49. The summed E-state index contributed by atoms with van der Waals surface area (Å²) in [5.41, 5.74) is 2.99. The van der Waals surface area contributed by atoms with Gasteiger partial charge in [-0.1, -0.05) is 24.3 Å². The van der Waals surface area contributed by atoms with Crippen LogP contribution in [-0.2, 0) is 0 Å². The van der Waals surface area contributed by atoms with Crippen LogP contribution in [0, 0.1) is 6.92 Å². The van der Waals surface area contributed by atoms with Crippen LogP contribution < -0.4 is 0 Å². The van der Waals surface area contributed by atoms with Gasteiger partial charge in [0.2, 0.25) is 5.88 Å². The van der Waals surface area contributed by atoms with Crippen LogP contribution in [0.2, 0.25) is 0 Å². The Kier molecular flexibility index (Phi) is 1.87. The summed E-state index contributed by atoms with van der Waals surface area (Å²) >= 11 is 0. The number of fused-ring (bicyclic) bond motifs is 4. The summed E-state index contributed by atoms with van der Waals surface area (Å²) in [6.07, 6.45) is 1.68. The quantitative estimate of drug-likeness (QED) is 0.487. The molecule has 4 nitrogen and oxygen atoms in total. The van der Waals surface area contributed by atoms with Crippen LogP contribution in [0.4, 0.5) is 0 Å². The highest BCUT2D eigenvalue weighted by Crippen LogP contribution is 2.26. The van der Waals surface area contributed by atoms with Crippen LogP contribution in [0.5, 0.6) is 5.88 Å². The predicted molar refractivity (Wildman–Crippen MR) is 74.4 cm³/mol. The molecule has 0 saturated carbocycles. The number of aryl methyl sites for hydroxylation is 1. The normalized spacial score (nSPS) is 11.6. The summed E-state index contributed by atoms with van der Waals surface area (Å²) in [4.78, 5) is 8.71. The van der Waals surface area contributed by atoms with E-state index in [1.54, 1.807) is 17.5 Å². The lowest BCUT2D eigenvalue weighted by molar-refractivity contribution is 0.446. The van der Waals surface area contributed by atoms with Gasteiger partial charge in [-0.2, -0.15) is 0 Å². The minimum atomic E-state index is 0.178. The molecule has 0 saturated heterocycles. The Morgan fingerprint density at radius 3 is 2.63 bits per heavy atom. The van der Waals surface area contributed by atoms with Gasteiger partial charge in [-0.05, 0) is 29.8 Å². The van der Waals surface area contributed by atoms with Crippen LogP contribution in [0.25, 0.3) is 27.5 Å². The zero-order chi connectivity index (χ0) is 13.0. The highest BCUT2D eigenvalue weighted by Gasteiger charge is 2.11. The molecule has 0 atom stereocenters. The van der Waals surface area contributed by atoms with Gasteiger partial charge in [0.15, 0.2) is 5.65 Å². The molecule has 1 N–H and O–H groups in total. The molecule has 2 aromatic carbocycles. The number of benzene rings is 2. The average Bonchev–Trinajstić information content (AvgIpc) is 2.72. The third-order valence-corrected chi connectivity index (χ3v) is 3.45. The van der Waals surface area contributed by atoms with Gasteiger partial charge in [-0.3, -0.25) is 9.38 Å². The molecule has 0 radical (unpaired) electrons. The molecular formula is C15H11N3O. The van der Waals surface area contributed by atoms with Gasteiger partial charge in [0.25, 0.3) is 0 Å².